The van der Waals surface area contributed by atoms with Crippen molar-refractivity contribution in [2.75, 3.05) is 13.1 Å². The van der Waals surface area contributed by atoms with Crippen LogP contribution in [0.15, 0.2) is 0 Å². The molecule has 0 amide bonds. The molecule has 0 radical (unpaired) electrons. The van der Waals surface area contributed by atoms with Gasteiger partial charge in [-0.15, -0.1) is 0 Å². The first-order valence-corrected chi connectivity index (χ1v) is 7.66. The monoisotopic (exact) mass is 301 g/mol. The Morgan fingerprint density at radius 3 is 2.38 bits per heavy atom. The zero-order valence-electron chi connectivity index (χ0n) is 13.5. The zero-order valence-corrected chi connectivity index (χ0v) is 13.5. The van der Waals surface area contributed by atoms with Crippen molar-refractivity contribution in [1.29, 1.82) is 0 Å². The van der Waals surface area contributed by atoms with Crippen LogP contribution in [0.4, 0.5) is 0 Å². The van der Waals surface area contributed by atoms with Gasteiger partial charge in [0.2, 0.25) is 0 Å². The molecule has 0 heterocycles. The van der Waals surface area contributed by atoms with E-state index in [1.54, 1.807) is 0 Å². The van der Waals surface area contributed by atoms with Crippen LogP contribution in [0.2, 0.25) is 0 Å². The maximum atomic E-state index is 12.1. The van der Waals surface area contributed by atoms with Gasteiger partial charge in [-0.1, -0.05) is 13.3 Å². The lowest BCUT2D eigenvalue weighted by atomic mass is 9.88. The molecule has 6 nitrogen and oxygen atoms in total. The number of rotatable bonds is 12. The van der Waals surface area contributed by atoms with Crippen LogP contribution in [0.1, 0.15) is 52.9 Å². The molecular weight excluding hydrogens is 270 g/mol. The van der Waals surface area contributed by atoms with E-state index in [0.717, 1.165) is 19.3 Å². The summed E-state index contributed by atoms with van der Waals surface area (Å²) >= 11 is 0. The second-order valence-electron chi connectivity index (χ2n) is 6.36. The van der Waals surface area contributed by atoms with E-state index in [-0.39, 0.29) is 23.8 Å². The average molecular weight is 301 g/mol. The molecule has 6 N–H and O–H groups in total. The number of carboxylic acid groups (broad SMARTS) is 1. The van der Waals surface area contributed by atoms with E-state index in [2.05, 4.69) is 5.32 Å². The number of carbonyl (C=O) groups excluding carboxylic acids is 1. The van der Waals surface area contributed by atoms with Gasteiger partial charge in [0.05, 0.1) is 12.6 Å². The lowest BCUT2D eigenvalue weighted by Crippen LogP contribution is -2.43. The van der Waals surface area contributed by atoms with Crippen LogP contribution < -0.4 is 16.8 Å². The molecule has 0 aliphatic carbocycles. The molecule has 1 unspecified atom stereocenters. The number of nitrogens with one attached hydrogen (secondary N) is 1. The first kappa shape index (κ1) is 20.0. The summed E-state index contributed by atoms with van der Waals surface area (Å²) in [5, 5.41) is 11.6. The first-order chi connectivity index (χ1) is 9.69. The first-order valence-electron chi connectivity index (χ1n) is 7.66. The van der Waals surface area contributed by atoms with Crippen LogP contribution >= 0.6 is 0 Å². The van der Waals surface area contributed by atoms with Gasteiger partial charge in [-0.2, -0.15) is 0 Å². The van der Waals surface area contributed by atoms with Gasteiger partial charge in [0.25, 0.3) is 0 Å². The molecule has 124 valence electrons. The van der Waals surface area contributed by atoms with Crippen molar-refractivity contribution in [3.63, 3.8) is 0 Å². The highest BCUT2D eigenvalue weighted by Gasteiger charge is 2.24. The summed E-state index contributed by atoms with van der Waals surface area (Å²) in [4.78, 5) is 22.7. The van der Waals surface area contributed by atoms with Crippen LogP contribution in [0.5, 0.6) is 0 Å². The predicted octanol–water partition coefficient (Wildman–Crippen LogP) is 0.881. The molecule has 0 aromatic carbocycles. The van der Waals surface area contributed by atoms with E-state index in [1.807, 2.05) is 20.8 Å². The number of carbonyl (C=O) groups is 2. The summed E-state index contributed by atoms with van der Waals surface area (Å²) in [5.74, 6) is -0.904. The normalized spacial score (nSPS) is 14.7. The van der Waals surface area contributed by atoms with Crippen molar-refractivity contribution in [2.45, 2.75) is 64.5 Å². The van der Waals surface area contributed by atoms with Gasteiger partial charge in [0, 0.05) is 11.5 Å². The number of hydrogen-bond donors (Lipinski definition) is 4. The molecule has 0 bridgehead atoms. The Hall–Kier alpha value is -0.980. The summed E-state index contributed by atoms with van der Waals surface area (Å²) in [6.07, 6.45) is 3.87. The summed E-state index contributed by atoms with van der Waals surface area (Å²) in [6.45, 7) is 6.31. The molecule has 0 saturated carbocycles. The van der Waals surface area contributed by atoms with Gasteiger partial charge >= 0.3 is 5.97 Å². The molecule has 0 aliphatic rings. The molecule has 0 aromatic rings. The second-order valence-corrected chi connectivity index (χ2v) is 6.36. The van der Waals surface area contributed by atoms with Gasteiger partial charge in [-0.25, -0.2) is 0 Å². The number of hydrogen-bond acceptors (Lipinski definition) is 5. The Balaban J connectivity index is 4.13. The summed E-state index contributed by atoms with van der Waals surface area (Å²) in [6, 6.07) is -0.415. The fraction of sp³-hybridized carbons (Fsp3) is 0.867. The van der Waals surface area contributed by atoms with Crippen molar-refractivity contribution in [3.05, 3.63) is 0 Å². The fourth-order valence-electron chi connectivity index (χ4n) is 2.14. The number of aliphatic carboxylic acids is 1. The standard InChI is InChI=1S/C15H31N3O3/c1-11(14(21)12(17)6-4-5-9-16)7-8-15(2,3)18-10-13(19)20/h11-12,18H,4-10,16-17H2,1-3H3,(H,19,20)/t11?,12-/m0/s1. The fourth-order valence-corrected chi connectivity index (χ4v) is 2.14. The van der Waals surface area contributed by atoms with E-state index in [0.29, 0.717) is 19.4 Å². The van der Waals surface area contributed by atoms with Gasteiger partial charge in [0.15, 0.2) is 5.78 Å². The van der Waals surface area contributed by atoms with Crippen LogP contribution in [-0.2, 0) is 9.59 Å². The minimum Gasteiger partial charge on any atom is -0.480 e. The Labute approximate surface area is 127 Å². The maximum Gasteiger partial charge on any atom is 0.317 e. The molecule has 0 saturated heterocycles. The Morgan fingerprint density at radius 1 is 1.24 bits per heavy atom. The van der Waals surface area contributed by atoms with Gasteiger partial charge < -0.3 is 21.9 Å². The highest BCUT2D eigenvalue weighted by molar-refractivity contribution is 5.85. The Kier molecular flexibility index (Phi) is 9.41. The quantitative estimate of drug-likeness (QED) is 0.397. The van der Waals surface area contributed by atoms with Gasteiger partial charge in [0.1, 0.15) is 0 Å². The molecule has 2 atom stereocenters. The minimum atomic E-state index is -0.880. The van der Waals surface area contributed by atoms with Crippen LogP contribution in [-0.4, -0.2) is 41.5 Å². The number of unbranched alkanes of at least 4 members (excludes halogenated alkanes) is 1. The summed E-state index contributed by atoms with van der Waals surface area (Å²) < 4.78 is 0. The van der Waals surface area contributed by atoms with Crippen LogP contribution in [0.3, 0.4) is 0 Å². The van der Waals surface area contributed by atoms with Crippen molar-refractivity contribution in [1.82, 2.24) is 5.32 Å². The number of ketones is 1. The van der Waals surface area contributed by atoms with E-state index < -0.39 is 12.0 Å². The van der Waals surface area contributed by atoms with Gasteiger partial charge in [-0.05, 0) is 46.1 Å². The number of Topliss-reactive ketones (excluding diaryl/α,β-unsaturated/α-hetero) is 1. The summed E-state index contributed by atoms with van der Waals surface area (Å²) in [5.41, 5.74) is 11.0. The van der Waals surface area contributed by atoms with Gasteiger partial charge in [-0.3, -0.25) is 9.59 Å². The Morgan fingerprint density at radius 2 is 1.86 bits per heavy atom. The SMILES string of the molecule is CC(CCC(C)(C)NCC(=O)O)C(=O)[C@@H](N)CCCCN. The molecule has 21 heavy (non-hydrogen) atoms. The van der Waals surface area contributed by atoms with Crippen molar-refractivity contribution in [2.24, 2.45) is 17.4 Å². The zero-order chi connectivity index (χ0) is 16.5. The highest BCUT2D eigenvalue weighted by Crippen LogP contribution is 2.18. The lowest BCUT2D eigenvalue weighted by Gasteiger charge is -2.27. The average Bonchev–Trinajstić information content (AvgIpc) is 2.42. The number of nitrogens with two attached hydrogens (primary N) is 2. The van der Waals surface area contributed by atoms with Crippen LogP contribution in [0, 0.1) is 5.92 Å². The second kappa shape index (κ2) is 9.87. The molecule has 0 spiro atoms. The molecule has 0 aromatic heterocycles. The Bertz CT molecular complexity index is 332. The summed E-state index contributed by atoms with van der Waals surface area (Å²) in [7, 11) is 0. The number of carboxylic acids is 1. The molecule has 0 fully saturated rings. The largest absolute Gasteiger partial charge is 0.480 e. The maximum absolute atomic E-state index is 12.1. The predicted molar refractivity (Wildman–Crippen MR) is 84.0 cm³/mol. The third-order valence-electron chi connectivity index (χ3n) is 3.74. The van der Waals surface area contributed by atoms with Crippen molar-refractivity contribution in [3.8, 4) is 0 Å². The third kappa shape index (κ3) is 9.55. The molecule has 0 aliphatic heterocycles. The van der Waals surface area contributed by atoms with Crippen LogP contribution in [0.25, 0.3) is 0 Å². The van der Waals surface area contributed by atoms with E-state index >= 15 is 0 Å². The van der Waals surface area contributed by atoms with E-state index in [9.17, 15) is 9.59 Å². The lowest BCUT2D eigenvalue weighted by molar-refractivity contribution is -0.136. The van der Waals surface area contributed by atoms with E-state index in [1.165, 1.54) is 0 Å². The third-order valence-corrected chi connectivity index (χ3v) is 3.74. The topological polar surface area (TPSA) is 118 Å². The smallest absolute Gasteiger partial charge is 0.317 e. The minimum absolute atomic E-state index is 0.0755. The molecule has 6 heteroatoms. The molecular formula is C15H31N3O3. The van der Waals surface area contributed by atoms with E-state index in [4.69, 9.17) is 16.6 Å². The van der Waals surface area contributed by atoms with Crippen molar-refractivity contribution >= 4 is 11.8 Å². The molecule has 0 rings (SSSR count). The highest BCUT2D eigenvalue weighted by atomic mass is 16.4. The van der Waals surface area contributed by atoms with Crippen molar-refractivity contribution < 1.29 is 14.7 Å².